The molecule has 0 aliphatic rings. The number of aromatic nitrogens is 4. The van der Waals surface area contributed by atoms with Crippen molar-refractivity contribution in [1.29, 1.82) is 0 Å². The van der Waals surface area contributed by atoms with Gasteiger partial charge in [0.25, 0.3) is 0 Å². The normalized spacial score (nSPS) is 11.8. The van der Waals surface area contributed by atoms with E-state index in [0.717, 1.165) is 10.7 Å². The molecule has 0 amide bonds. The van der Waals surface area contributed by atoms with E-state index in [2.05, 4.69) is 31.0 Å². The van der Waals surface area contributed by atoms with Crippen LogP contribution in [0.4, 0.5) is 13.2 Å². The highest BCUT2D eigenvalue weighted by molar-refractivity contribution is 9.10. The molecule has 0 aliphatic carbocycles. The van der Waals surface area contributed by atoms with Crippen LogP contribution in [0, 0.1) is 0 Å². The highest BCUT2D eigenvalue weighted by Crippen LogP contribution is 2.29. The lowest BCUT2D eigenvalue weighted by Gasteiger charge is -2.07. The summed E-state index contributed by atoms with van der Waals surface area (Å²) in [6.07, 6.45) is -1.70. The molecule has 2 aromatic rings. The van der Waals surface area contributed by atoms with E-state index in [1.807, 2.05) is 0 Å². The molecule has 0 radical (unpaired) electrons. The maximum atomic E-state index is 12.5. The van der Waals surface area contributed by atoms with E-state index >= 15 is 0 Å². The van der Waals surface area contributed by atoms with Gasteiger partial charge in [0, 0.05) is 12.3 Å². The second-order valence-corrected chi connectivity index (χ2v) is 4.24. The molecule has 0 aromatic carbocycles. The molecule has 0 atom stereocenters. The van der Waals surface area contributed by atoms with E-state index in [4.69, 9.17) is 11.6 Å². The minimum absolute atomic E-state index is 0.0528. The van der Waals surface area contributed by atoms with Crippen LogP contribution in [-0.2, 0) is 6.18 Å². The predicted molar refractivity (Wildman–Crippen MR) is 56.9 cm³/mol. The first-order chi connectivity index (χ1) is 7.86. The zero-order chi connectivity index (χ0) is 12.6. The van der Waals surface area contributed by atoms with E-state index in [1.165, 1.54) is 12.4 Å². The van der Waals surface area contributed by atoms with Crippen LogP contribution in [0.25, 0.3) is 5.82 Å². The minimum Gasteiger partial charge on any atom is -0.221 e. The monoisotopic (exact) mass is 326 g/mol. The molecule has 0 spiro atoms. The van der Waals surface area contributed by atoms with Gasteiger partial charge >= 0.3 is 6.18 Å². The Kier molecular flexibility index (Phi) is 3.09. The van der Waals surface area contributed by atoms with Crippen molar-refractivity contribution in [1.82, 2.24) is 19.7 Å². The summed E-state index contributed by atoms with van der Waals surface area (Å²) >= 11 is 8.56. The summed E-state index contributed by atoms with van der Waals surface area (Å²) < 4.78 is 39.2. The Morgan fingerprint density at radius 1 is 1.29 bits per heavy atom. The van der Waals surface area contributed by atoms with Crippen molar-refractivity contribution in [3.63, 3.8) is 0 Å². The summed E-state index contributed by atoms with van der Waals surface area (Å²) in [6, 6.07) is 0.769. The van der Waals surface area contributed by atoms with Crippen LogP contribution in [0.3, 0.4) is 0 Å². The molecule has 17 heavy (non-hydrogen) atoms. The van der Waals surface area contributed by atoms with Crippen LogP contribution in [0.1, 0.15) is 5.69 Å². The number of alkyl halides is 3. The summed E-state index contributed by atoms with van der Waals surface area (Å²) in [6.45, 7) is 0. The number of nitrogens with zero attached hydrogens (tertiary/aromatic N) is 4. The van der Waals surface area contributed by atoms with Gasteiger partial charge in [-0.1, -0.05) is 0 Å². The molecule has 4 nitrogen and oxygen atoms in total. The van der Waals surface area contributed by atoms with Crippen molar-refractivity contribution in [2.24, 2.45) is 0 Å². The zero-order valence-corrected chi connectivity index (χ0v) is 10.3. The lowest BCUT2D eigenvalue weighted by atomic mass is 10.4. The van der Waals surface area contributed by atoms with Crippen LogP contribution in [0.2, 0.25) is 5.28 Å². The first-order valence-corrected chi connectivity index (χ1v) is 5.36. The van der Waals surface area contributed by atoms with Gasteiger partial charge in [-0.15, -0.1) is 0 Å². The van der Waals surface area contributed by atoms with E-state index < -0.39 is 17.2 Å². The van der Waals surface area contributed by atoms with Gasteiger partial charge in [0.1, 0.15) is 0 Å². The van der Waals surface area contributed by atoms with Crippen molar-refractivity contribution < 1.29 is 13.2 Å². The van der Waals surface area contributed by atoms with Crippen molar-refractivity contribution in [2.75, 3.05) is 0 Å². The Balaban J connectivity index is 2.52. The summed E-state index contributed by atoms with van der Waals surface area (Å²) in [5.41, 5.74) is -1.11. The Bertz CT molecular complexity index is 554. The Morgan fingerprint density at radius 2 is 2.00 bits per heavy atom. The van der Waals surface area contributed by atoms with Gasteiger partial charge in [-0.25, -0.2) is 9.67 Å². The van der Waals surface area contributed by atoms with Gasteiger partial charge in [0.2, 0.25) is 5.28 Å². The lowest BCUT2D eigenvalue weighted by Crippen LogP contribution is -2.11. The molecule has 0 bridgehead atoms. The van der Waals surface area contributed by atoms with Crippen LogP contribution in [0.5, 0.6) is 0 Å². The van der Waals surface area contributed by atoms with Gasteiger partial charge in [0.15, 0.2) is 11.5 Å². The standard InChI is InChI=1S/C8H3BrClF3N4/c9-4-2-14-17(3-4)6-1-5(8(11,12)13)15-7(10)16-6/h1-3H. The molecule has 0 unspecified atom stereocenters. The fourth-order valence-corrected chi connectivity index (χ4v) is 1.56. The van der Waals surface area contributed by atoms with Gasteiger partial charge in [-0.2, -0.15) is 23.3 Å². The van der Waals surface area contributed by atoms with Gasteiger partial charge in [-0.3, -0.25) is 0 Å². The van der Waals surface area contributed by atoms with Crippen LogP contribution < -0.4 is 0 Å². The van der Waals surface area contributed by atoms with E-state index in [1.54, 1.807) is 0 Å². The van der Waals surface area contributed by atoms with Crippen LogP contribution in [0.15, 0.2) is 22.9 Å². The molecule has 9 heteroatoms. The topological polar surface area (TPSA) is 43.6 Å². The number of rotatable bonds is 1. The molecular formula is C8H3BrClF3N4. The quantitative estimate of drug-likeness (QED) is 0.756. The molecule has 90 valence electrons. The smallest absolute Gasteiger partial charge is 0.221 e. The second kappa shape index (κ2) is 4.26. The summed E-state index contributed by atoms with van der Waals surface area (Å²) in [7, 11) is 0. The third-order valence-corrected chi connectivity index (χ3v) is 2.34. The Morgan fingerprint density at radius 3 is 2.53 bits per heavy atom. The average molecular weight is 327 g/mol. The SMILES string of the molecule is FC(F)(F)c1cc(-n2cc(Br)cn2)nc(Cl)n1. The van der Waals surface area contributed by atoms with Gasteiger partial charge < -0.3 is 0 Å². The third kappa shape index (κ3) is 2.75. The predicted octanol–water partition coefficient (Wildman–Crippen LogP) is 3.10. The van der Waals surface area contributed by atoms with Crippen LogP contribution >= 0.6 is 27.5 Å². The Labute approximate surface area is 107 Å². The maximum absolute atomic E-state index is 12.5. The van der Waals surface area contributed by atoms with Crippen LogP contribution in [-0.4, -0.2) is 19.7 Å². The number of halogens is 5. The molecule has 2 heterocycles. The van der Waals surface area contributed by atoms with Crippen molar-refractivity contribution in [2.45, 2.75) is 6.18 Å². The summed E-state index contributed by atoms with van der Waals surface area (Å²) in [5, 5.41) is 3.32. The van der Waals surface area contributed by atoms with E-state index in [0.29, 0.717) is 4.47 Å². The minimum atomic E-state index is -4.58. The van der Waals surface area contributed by atoms with Crippen molar-refractivity contribution >= 4 is 27.5 Å². The molecule has 0 saturated heterocycles. The molecule has 2 aromatic heterocycles. The molecule has 0 fully saturated rings. The highest BCUT2D eigenvalue weighted by Gasteiger charge is 2.33. The maximum Gasteiger partial charge on any atom is 0.433 e. The number of hydrogen-bond donors (Lipinski definition) is 0. The largest absolute Gasteiger partial charge is 0.433 e. The lowest BCUT2D eigenvalue weighted by molar-refractivity contribution is -0.141. The van der Waals surface area contributed by atoms with Crippen molar-refractivity contribution in [3.8, 4) is 5.82 Å². The second-order valence-electron chi connectivity index (χ2n) is 2.98. The van der Waals surface area contributed by atoms with Crippen molar-refractivity contribution in [3.05, 3.63) is 33.9 Å². The fraction of sp³-hybridized carbons (Fsp3) is 0.125. The van der Waals surface area contributed by atoms with E-state index in [-0.39, 0.29) is 5.82 Å². The molecular weight excluding hydrogens is 324 g/mol. The molecule has 0 saturated carbocycles. The van der Waals surface area contributed by atoms with E-state index in [9.17, 15) is 13.2 Å². The molecule has 2 rings (SSSR count). The fourth-order valence-electron chi connectivity index (χ4n) is 1.09. The third-order valence-electron chi connectivity index (χ3n) is 1.76. The van der Waals surface area contributed by atoms with Gasteiger partial charge in [0.05, 0.1) is 10.7 Å². The first kappa shape index (κ1) is 12.3. The zero-order valence-electron chi connectivity index (χ0n) is 7.91. The average Bonchev–Trinajstić information content (AvgIpc) is 2.62. The summed E-state index contributed by atoms with van der Waals surface area (Å²) in [4.78, 5) is 6.78. The molecule has 0 N–H and O–H groups in total. The highest BCUT2D eigenvalue weighted by atomic mass is 79.9. The number of hydrogen-bond acceptors (Lipinski definition) is 3. The summed E-state index contributed by atoms with van der Waals surface area (Å²) in [5.74, 6) is -0.0528. The van der Waals surface area contributed by atoms with Gasteiger partial charge in [-0.05, 0) is 27.5 Å². The Hall–Kier alpha value is -1.15. The first-order valence-electron chi connectivity index (χ1n) is 4.18. The molecule has 0 aliphatic heterocycles.